The minimum absolute atomic E-state index is 0.0539. The van der Waals surface area contributed by atoms with Crippen LogP contribution >= 0.6 is 0 Å². The first-order valence-corrected chi connectivity index (χ1v) is 10.8. The van der Waals surface area contributed by atoms with Crippen LogP contribution in [0.2, 0.25) is 0 Å². The van der Waals surface area contributed by atoms with Crippen LogP contribution in [-0.4, -0.2) is 38.7 Å². The van der Waals surface area contributed by atoms with Crippen molar-refractivity contribution >= 4 is 23.3 Å². The summed E-state index contributed by atoms with van der Waals surface area (Å²) in [6.45, 7) is 0.810. The number of urea groups is 1. The zero-order chi connectivity index (χ0) is 23.2. The SMILES string of the molecule is COc1ccc(N2CC(NC(=O)N(Cc3ccccc3)c3ccccc3)CC2=O)cc1OC. The number of nitrogens with one attached hydrogen (secondary N) is 1. The standard InChI is InChI=1S/C26H27N3O4/c1-32-23-14-13-22(16-24(23)33-2)28-18-20(15-25(28)30)27-26(31)29(21-11-7-4-8-12-21)17-19-9-5-3-6-10-19/h3-14,16,20H,15,17-18H2,1-2H3,(H,27,31). The predicted octanol–water partition coefficient (Wildman–Crippen LogP) is 4.23. The summed E-state index contributed by atoms with van der Waals surface area (Å²) in [4.78, 5) is 29.4. The molecule has 170 valence electrons. The number of rotatable bonds is 7. The van der Waals surface area contributed by atoms with Gasteiger partial charge in [0.05, 0.1) is 26.8 Å². The number of ether oxygens (including phenoxy) is 2. The Morgan fingerprint density at radius 1 is 0.970 bits per heavy atom. The third kappa shape index (κ3) is 5.09. The number of nitrogens with zero attached hydrogens (tertiary/aromatic N) is 2. The van der Waals surface area contributed by atoms with Gasteiger partial charge in [-0.2, -0.15) is 0 Å². The molecule has 7 heteroatoms. The molecule has 1 fully saturated rings. The maximum absolute atomic E-state index is 13.3. The van der Waals surface area contributed by atoms with E-state index >= 15 is 0 Å². The Kier molecular flexibility index (Phi) is 6.78. The molecule has 3 aromatic rings. The summed E-state index contributed by atoms with van der Waals surface area (Å²) in [5.74, 6) is 1.09. The van der Waals surface area contributed by atoms with E-state index in [4.69, 9.17) is 9.47 Å². The summed E-state index contributed by atoms with van der Waals surface area (Å²) in [6.07, 6.45) is 0.230. The van der Waals surface area contributed by atoms with Gasteiger partial charge in [0.1, 0.15) is 0 Å². The Balaban J connectivity index is 1.49. The van der Waals surface area contributed by atoms with Crippen LogP contribution in [0.1, 0.15) is 12.0 Å². The van der Waals surface area contributed by atoms with Gasteiger partial charge < -0.3 is 19.7 Å². The smallest absolute Gasteiger partial charge is 0.322 e. The van der Waals surface area contributed by atoms with Gasteiger partial charge in [0.2, 0.25) is 5.91 Å². The number of hydrogen-bond acceptors (Lipinski definition) is 4. The molecule has 0 bridgehead atoms. The van der Waals surface area contributed by atoms with E-state index in [-0.39, 0.29) is 24.4 Å². The summed E-state index contributed by atoms with van der Waals surface area (Å²) < 4.78 is 10.6. The van der Waals surface area contributed by atoms with Gasteiger partial charge in [0, 0.05) is 30.4 Å². The first kappa shape index (κ1) is 22.2. The topological polar surface area (TPSA) is 71.1 Å². The molecule has 1 saturated heterocycles. The Morgan fingerprint density at radius 2 is 1.64 bits per heavy atom. The van der Waals surface area contributed by atoms with Crippen molar-refractivity contribution in [2.24, 2.45) is 0 Å². The van der Waals surface area contributed by atoms with Gasteiger partial charge in [0.15, 0.2) is 11.5 Å². The number of carbonyl (C=O) groups is 2. The molecule has 1 N–H and O–H groups in total. The van der Waals surface area contributed by atoms with Gasteiger partial charge >= 0.3 is 6.03 Å². The summed E-state index contributed by atoms with van der Waals surface area (Å²) in [5, 5.41) is 3.05. The zero-order valence-electron chi connectivity index (χ0n) is 18.7. The quantitative estimate of drug-likeness (QED) is 0.591. The number of anilines is 2. The third-order valence-electron chi connectivity index (χ3n) is 5.63. The Labute approximate surface area is 193 Å². The lowest BCUT2D eigenvalue weighted by Crippen LogP contribution is -2.45. The highest BCUT2D eigenvalue weighted by Crippen LogP contribution is 2.33. The van der Waals surface area contributed by atoms with Crippen LogP contribution in [0, 0.1) is 0 Å². The molecular weight excluding hydrogens is 418 g/mol. The van der Waals surface area contributed by atoms with Crippen molar-refractivity contribution in [1.29, 1.82) is 0 Å². The van der Waals surface area contributed by atoms with Crippen molar-refractivity contribution in [1.82, 2.24) is 5.32 Å². The van der Waals surface area contributed by atoms with Crippen molar-refractivity contribution in [3.8, 4) is 11.5 Å². The van der Waals surface area contributed by atoms with Crippen LogP contribution < -0.4 is 24.6 Å². The summed E-state index contributed by atoms with van der Waals surface area (Å²) >= 11 is 0. The Hall–Kier alpha value is -4.00. The fourth-order valence-corrected chi connectivity index (χ4v) is 3.95. The van der Waals surface area contributed by atoms with Crippen LogP contribution in [0.5, 0.6) is 11.5 Å². The average Bonchev–Trinajstić information content (AvgIpc) is 3.22. The highest BCUT2D eigenvalue weighted by Gasteiger charge is 2.33. The van der Waals surface area contributed by atoms with E-state index in [9.17, 15) is 9.59 Å². The molecule has 0 spiro atoms. The largest absolute Gasteiger partial charge is 0.493 e. The van der Waals surface area contributed by atoms with E-state index < -0.39 is 0 Å². The molecule has 1 unspecified atom stereocenters. The molecule has 0 aliphatic carbocycles. The lowest BCUT2D eigenvalue weighted by atomic mass is 10.2. The van der Waals surface area contributed by atoms with Crippen LogP contribution in [0.25, 0.3) is 0 Å². The lowest BCUT2D eigenvalue weighted by Gasteiger charge is -2.25. The van der Waals surface area contributed by atoms with Gasteiger partial charge in [-0.15, -0.1) is 0 Å². The van der Waals surface area contributed by atoms with Crippen molar-refractivity contribution in [3.63, 3.8) is 0 Å². The molecule has 0 saturated carbocycles. The number of para-hydroxylation sites is 1. The lowest BCUT2D eigenvalue weighted by molar-refractivity contribution is -0.117. The average molecular weight is 446 g/mol. The fraction of sp³-hybridized carbons (Fsp3) is 0.231. The number of carbonyl (C=O) groups excluding carboxylic acids is 2. The van der Waals surface area contributed by atoms with E-state index in [1.54, 1.807) is 36.2 Å². The third-order valence-corrected chi connectivity index (χ3v) is 5.63. The second-order valence-electron chi connectivity index (χ2n) is 7.80. The predicted molar refractivity (Wildman–Crippen MR) is 128 cm³/mol. The molecule has 4 rings (SSSR count). The van der Waals surface area contributed by atoms with E-state index in [1.807, 2.05) is 66.7 Å². The number of amides is 3. The summed E-state index contributed by atoms with van der Waals surface area (Å²) in [7, 11) is 3.12. The Morgan fingerprint density at radius 3 is 2.30 bits per heavy atom. The van der Waals surface area contributed by atoms with Crippen LogP contribution in [0.4, 0.5) is 16.2 Å². The van der Waals surface area contributed by atoms with E-state index in [2.05, 4.69) is 5.32 Å². The molecule has 0 radical (unpaired) electrons. The van der Waals surface area contributed by atoms with Crippen LogP contribution in [0.15, 0.2) is 78.9 Å². The highest BCUT2D eigenvalue weighted by atomic mass is 16.5. The maximum atomic E-state index is 13.3. The summed E-state index contributed by atoms with van der Waals surface area (Å²) in [6, 6.07) is 24.2. The molecule has 1 atom stereocenters. The maximum Gasteiger partial charge on any atom is 0.322 e. The molecule has 3 amide bonds. The van der Waals surface area contributed by atoms with Crippen LogP contribution in [0.3, 0.4) is 0 Å². The number of hydrogen-bond donors (Lipinski definition) is 1. The van der Waals surface area contributed by atoms with Gasteiger partial charge in [0.25, 0.3) is 0 Å². The van der Waals surface area contributed by atoms with E-state index in [0.29, 0.717) is 30.3 Å². The number of methoxy groups -OCH3 is 2. The molecule has 3 aromatic carbocycles. The molecule has 1 heterocycles. The monoisotopic (exact) mass is 445 g/mol. The van der Waals surface area contributed by atoms with E-state index in [1.165, 1.54) is 0 Å². The van der Waals surface area contributed by atoms with E-state index in [0.717, 1.165) is 11.3 Å². The van der Waals surface area contributed by atoms with Gasteiger partial charge in [-0.3, -0.25) is 9.69 Å². The van der Waals surface area contributed by atoms with Gasteiger partial charge in [-0.05, 0) is 29.8 Å². The second kappa shape index (κ2) is 10.1. The molecule has 1 aliphatic rings. The molecule has 0 aromatic heterocycles. The second-order valence-corrected chi connectivity index (χ2v) is 7.80. The van der Waals surface area contributed by atoms with Crippen molar-refractivity contribution in [3.05, 3.63) is 84.4 Å². The van der Waals surface area contributed by atoms with Gasteiger partial charge in [-0.25, -0.2) is 4.79 Å². The first-order valence-electron chi connectivity index (χ1n) is 10.8. The normalized spacial score (nSPS) is 15.3. The Bertz CT molecular complexity index is 1110. The minimum atomic E-state index is -0.305. The van der Waals surface area contributed by atoms with Crippen molar-refractivity contribution in [2.45, 2.75) is 19.0 Å². The molecular formula is C26H27N3O4. The highest BCUT2D eigenvalue weighted by molar-refractivity contribution is 5.98. The fourth-order valence-electron chi connectivity index (χ4n) is 3.95. The molecule has 33 heavy (non-hydrogen) atoms. The summed E-state index contributed by atoms with van der Waals surface area (Å²) in [5.41, 5.74) is 2.52. The zero-order valence-corrected chi connectivity index (χ0v) is 18.7. The molecule has 7 nitrogen and oxygen atoms in total. The van der Waals surface area contributed by atoms with Crippen molar-refractivity contribution in [2.75, 3.05) is 30.6 Å². The van der Waals surface area contributed by atoms with Gasteiger partial charge in [-0.1, -0.05) is 48.5 Å². The first-order chi connectivity index (χ1) is 16.1. The van der Waals surface area contributed by atoms with Crippen molar-refractivity contribution < 1.29 is 19.1 Å². The number of benzene rings is 3. The van der Waals surface area contributed by atoms with Crippen LogP contribution in [-0.2, 0) is 11.3 Å². The minimum Gasteiger partial charge on any atom is -0.493 e. The molecule has 1 aliphatic heterocycles.